The van der Waals surface area contributed by atoms with Crippen LogP contribution in [0.25, 0.3) is 0 Å². The van der Waals surface area contributed by atoms with Crippen LogP contribution in [0.15, 0.2) is 53.5 Å². The predicted molar refractivity (Wildman–Crippen MR) is 131 cm³/mol. The van der Waals surface area contributed by atoms with E-state index in [9.17, 15) is 0 Å². The fourth-order valence-corrected chi connectivity index (χ4v) is 5.40. The maximum atomic E-state index is 6.51. The molecule has 176 valence electrons. The molecular weight excluding hydrogens is 412 g/mol. The summed E-state index contributed by atoms with van der Waals surface area (Å²) < 4.78 is 12.0. The summed E-state index contributed by atoms with van der Waals surface area (Å²) in [4.78, 5) is 6.96. The van der Waals surface area contributed by atoms with E-state index in [1.165, 1.54) is 29.5 Å². The first kappa shape index (κ1) is 22.2. The first-order valence-electron chi connectivity index (χ1n) is 12.4. The van der Waals surface area contributed by atoms with Gasteiger partial charge in [-0.2, -0.15) is 0 Å². The maximum absolute atomic E-state index is 6.51. The minimum atomic E-state index is -0.0266. The van der Waals surface area contributed by atoms with Crippen LogP contribution in [0.4, 0.5) is 0 Å². The van der Waals surface area contributed by atoms with Crippen LogP contribution in [0.5, 0.6) is 5.75 Å². The number of hydrogen-bond donors (Lipinski definition) is 2. The van der Waals surface area contributed by atoms with Gasteiger partial charge in [0, 0.05) is 45.2 Å². The Balaban J connectivity index is 1.19. The molecule has 1 unspecified atom stereocenters. The van der Waals surface area contributed by atoms with E-state index in [-0.39, 0.29) is 11.6 Å². The average molecular weight is 449 g/mol. The number of nitrogens with one attached hydrogen (secondary N) is 2. The monoisotopic (exact) mass is 448 g/mol. The van der Waals surface area contributed by atoms with Gasteiger partial charge in [0.1, 0.15) is 11.4 Å². The summed E-state index contributed by atoms with van der Waals surface area (Å²) in [5.74, 6) is 1.86. The summed E-state index contributed by atoms with van der Waals surface area (Å²) in [5.41, 5.74) is 3.80. The van der Waals surface area contributed by atoms with E-state index < -0.39 is 0 Å². The normalized spacial score (nSPS) is 22.6. The van der Waals surface area contributed by atoms with Crippen LogP contribution in [0.3, 0.4) is 0 Å². The lowest BCUT2D eigenvalue weighted by Gasteiger charge is -2.40. The molecule has 2 aromatic rings. The van der Waals surface area contributed by atoms with Crippen molar-refractivity contribution in [1.82, 2.24) is 15.5 Å². The summed E-state index contributed by atoms with van der Waals surface area (Å²) in [6, 6.07) is 17.6. The Morgan fingerprint density at radius 3 is 2.52 bits per heavy atom. The third-order valence-corrected chi connectivity index (χ3v) is 7.24. The Kier molecular flexibility index (Phi) is 6.83. The van der Waals surface area contributed by atoms with Gasteiger partial charge in [-0.25, -0.2) is 0 Å². The smallest absolute Gasteiger partial charge is 0.191 e. The number of para-hydroxylation sites is 1. The number of benzene rings is 2. The van der Waals surface area contributed by atoms with Crippen molar-refractivity contribution in [3.05, 3.63) is 65.2 Å². The molecule has 1 aliphatic carbocycles. The zero-order valence-electron chi connectivity index (χ0n) is 19.7. The zero-order valence-corrected chi connectivity index (χ0v) is 19.7. The molecule has 3 aliphatic rings. The Morgan fingerprint density at radius 1 is 1.03 bits per heavy atom. The lowest BCUT2D eigenvalue weighted by atomic mass is 9.86. The van der Waals surface area contributed by atoms with Crippen LogP contribution in [-0.2, 0) is 17.8 Å². The Morgan fingerprint density at radius 2 is 1.76 bits per heavy atom. The molecule has 2 heterocycles. The molecule has 1 saturated heterocycles. The predicted octanol–water partition coefficient (Wildman–Crippen LogP) is 4.02. The molecule has 0 radical (unpaired) electrons. The van der Waals surface area contributed by atoms with Gasteiger partial charge in [0.2, 0.25) is 0 Å². The molecule has 6 nitrogen and oxygen atoms in total. The van der Waals surface area contributed by atoms with E-state index in [2.05, 4.69) is 69.1 Å². The van der Waals surface area contributed by atoms with Gasteiger partial charge < -0.3 is 20.1 Å². The number of ether oxygens (including phenoxy) is 2. The number of rotatable bonds is 5. The fourth-order valence-electron chi connectivity index (χ4n) is 5.40. The lowest BCUT2D eigenvalue weighted by Crippen LogP contribution is -2.46. The van der Waals surface area contributed by atoms with Crippen molar-refractivity contribution in [3.63, 3.8) is 0 Å². The van der Waals surface area contributed by atoms with Crippen molar-refractivity contribution in [3.8, 4) is 5.75 Å². The van der Waals surface area contributed by atoms with Gasteiger partial charge in [-0.1, -0.05) is 42.5 Å². The summed E-state index contributed by atoms with van der Waals surface area (Å²) in [6.45, 7) is 5.45. The van der Waals surface area contributed by atoms with E-state index in [0.717, 1.165) is 70.4 Å². The van der Waals surface area contributed by atoms with E-state index in [4.69, 9.17) is 9.47 Å². The number of guanidine groups is 1. The Labute approximate surface area is 197 Å². The lowest BCUT2D eigenvalue weighted by molar-refractivity contribution is 0.0342. The van der Waals surface area contributed by atoms with Crippen LogP contribution in [0.2, 0.25) is 0 Å². The van der Waals surface area contributed by atoms with E-state index in [1.54, 1.807) is 0 Å². The summed E-state index contributed by atoms with van der Waals surface area (Å²) in [5, 5.41) is 7.20. The van der Waals surface area contributed by atoms with Gasteiger partial charge >= 0.3 is 0 Å². The number of aliphatic imine (C=N–C) groups is 1. The molecule has 1 saturated carbocycles. The summed E-state index contributed by atoms with van der Waals surface area (Å²) in [6.07, 6.45) is 5.78. The molecule has 2 N–H and O–H groups in total. The highest BCUT2D eigenvalue weighted by Gasteiger charge is 2.43. The third-order valence-electron chi connectivity index (χ3n) is 7.24. The largest absolute Gasteiger partial charge is 0.487 e. The highest BCUT2D eigenvalue weighted by Crippen LogP contribution is 2.46. The highest BCUT2D eigenvalue weighted by molar-refractivity contribution is 5.80. The van der Waals surface area contributed by atoms with Crippen molar-refractivity contribution in [2.45, 2.75) is 56.8 Å². The van der Waals surface area contributed by atoms with Crippen molar-refractivity contribution in [1.29, 1.82) is 0 Å². The molecule has 5 rings (SSSR count). The molecule has 0 amide bonds. The average Bonchev–Trinajstić information content (AvgIpc) is 3.30. The minimum absolute atomic E-state index is 0.0266. The van der Waals surface area contributed by atoms with Crippen LogP contribution >= 0.6 is 0 Å². The van der Waals surface area contributed by atoms with E-state index in [0.29, 0.717) is 0 Å². The van der Waals surface area contributed by atoms with Crippen molar-refractivity contribution >= 4 is 5.96 Å². The SMILES string of the molecule is CN=C(NCc1ccc(CN2CCOCC2)cc1)NC1CC2(CCCC2)Oc2ccccc21. The molecule has 2 aliphatic heterocycles. The van der Waals surface area contributed by atoms with Crippen LogP contribution in [-0.4, -0.2) is 49.8 Å². The highest BCUT2D eigenvalue weighted by atomic mass is 16.5. The topological polar surface area (TPSA) is 58.1 Å². The molecule has 1 atom stereocenters. The van der Waals surface area contributed by atoms with Crippen LogP contribution in [0.1, 0.15) is 54.8 Å². The van der Waals surface area contributed by atoms with E-state index >= 15 is 0 Å². The molecule has 2 aromatic carbocycles. The molecule has 1 spiro atoms. The maximum Gasteiger partial charge on any atom is 0.191 e. The second-order valence-corrected chi connectivity index (χ2v) is 9.56. The molecule has 0 aromatic heterocycles. The molecule has 33 heavy (non-hydrogen) atoms. The minimum Gasteiger partial charge on any atom is -0.487 e. The number of morpholine rings is 1. The quantitative estimate of drug-likeness (QED) is 0.535. The van der Waals surface area contributed by atoms with Gasteiger partial charge in [0.05, 0.1) is 19.3 Å². The standard InChI is InChI=1S/C27H36N4O2/c1-28-26(29-19-21-8-10-22(11-9-21)20-31-14-16-32-17-15-31)30-24-18-27(12-4-5-13-27)33-25-7-3-2-6-23(24)25/h2-3,6-11,24H,4-5,12-20H2,1H3,(H2,28,29,30). The number of fused-ring (bicyclic) bond motifs is 1. The summed E-state index contributed by atoms with van der Waals surface area (Å²) in [7, 11) is 1.84. The Bertz CT molecular complexity index is 947. The van der Waals surface area contributed by atoms with Gasteiger partial charge in [-0.3, -0.25) is 9.89 Å². The fraction of sp³-hybridized carbons (Fsp3) is 0.519. The van der Waals surface area contributed by atoms with Crippen molar-refractivity contribution in [2.75, 3.05) is 33.4 Å². The zero-order chi connectivity index (χ0) is 22.5. The van der Waals surface area contributed by atoms with E-state index in [1.807, 2.05) is 7.05 Å². The molecule has 6 heteroatoms. The van der Waals surface area contributed by atoms with Gasteiger partial charge in [-0.15, -0.1) is 0 Å². The Hall–Kier alpha value is -2.57. The number of nitrogens with zero attached hydrogens (tertiary/aromatic N) is 2. The molecule has 0 bridgehead atoms. The van der Waals surface area contributed by atoms with Gasteiger partial charge in [-0.05, 0) is 42.9 Å². The molecule has 2 fully saturated rings. The third kappa shape index (κ3) is 5.33. The summed E-state index contributed by atoms with van der Waals surface area (Å²) >= 11 is 0. The van der Waals surface area contributed by atoms with Gasteiger partial charge in [0.15, 0.2) is 5.96 Å². The van der Waals surface area contributed by atoms with Crippen LogP contribution < -0.4 is 15.4 Å². The van der Waals surface area contributed by atoms with Crippen LogP contribution in [0, 0.1) is 0 Å². The molecular formula is C27H36N4O2. The second-order valence-electron chi connectivity index (χ2n) is 9.56. The first-order chi connectivity index (χ1) is 16.2. The second kappa shape index (κ2) is 10.1. The van der Waals surface area contributed by atoms with Gasteiger partial charge in [0.25, 0.3) is 0 Å². The number of hydrogen-bond acceptors (Lipinski definition) is 4. The first-order valence-corrected chi connectivity index (χ1v) is 12.4. The van der Waals surface area contributed by atoms with Crippen molar-refractivity contribution in [2.24, 2.45) is 4.99 Å². The van der Waals surface area contributed by atoms with Crippen molar-refractivity contribution < 1.29 is 9.47 Å².